The quantitative estimate of drug-likeness (QED) is 0.844. The van der Waals surface area contributed by atoms with Crippen molar-refractivity contribution in [1.29, 1.82) is 0 Å². The molecule has 1 amide bonds. The van der Waals surface area contributed by atoms with Gasteiger partial charge in [0.05, 0.1) is 5.92 Å². The lowest BCUT2D eigenvalue weighted by Crippen LogP contribution is -2.47. The predicted molar refractivity (Wildman–Crippen MR) is 104 cm³/mol. The number of carbonyl (C=O) groups excluding carboxylic acids is 1. The summed E-state index contributed by atoms with van der Waals surface area (Å²) < 4.78 is 5.59. The van der Waals surface area contributed by atoms with Gasteiger partial charge in [-0.05, 0) is 53.4 Å². The number of amides is 1. The Hall–Kier alpha value is -2.82. The Morgan fingerprint density at radius 1 is 0.964 bits per heavy atom. The monoisotopic (exact) mass is 377 g/mol. The van der Waals surface area contributed by atoms with Crippen LogP contribution in [-0.2, 0) is 9.53 Å². The highest BCUT2D eigenvalue weighted by Gasteiger charge is 2.51. The van der Waals surface area contributed by atoms with E-state index in [1.165, 1.54) is 22.3 Å². The number of nitrogens with one attached hydrogen (secondary N) is 1. The summed E-state index contributed by atoms with van der Waals surface area (Å²) in [7, 11) is 0. The topological polar surface area (TPSA) is 75.6 Å². The van der Waals surface area contributed by atoms with Crippen LogP contribution in [0.2, 0.25) is 0 Å². The highest BCUT2D eigenvalue weighted by molar-refractivity contribution is 5.79. The first-order chi connectivity index (χ1) is 13.6. The molecular formula is C23H23NO4. The van der Waals surface area contributed by atoms with E-state index in [-0.39, 0.29) is 30.4 Å². The average molecular weight is 377 g/mol. The molecule has 0 aromatic heterocycles. The van der Waals surface area contributed by atoms with Gasteiger partial charge in [0.15, 0.2) is 0 Å². The van der Waals surface area contributed by atoms with Gasteiger partial charge in [0.25, 0.3) is 0 Å². The molecule has 2 saturated carbocycles. The number of carboxylic acids is 1. The molecule has 2 fully saturated rings. The molecule has 0 unspecified atom stereocenters. The van der Waals surface area contributed by atoms with Crippen LogP contribution in [0.1, 0.15) is 36.3 Å². The van der Waals surface area contributed by atoms with Crippen LogP contribution >= 0.6 is 0 Å². The van der Waals surface area contributed by atoms with Gasteiger partial charge in [-0.3, -0.25) is 4.79 Å². The van der Waals surface area contributed by atoms with Gasteiger partial charge in [0.2, 0.25) is 0 Å². The zero-order valence-corrected chi connectivity index (χ0v) is 15.5. The second-order valence-electron chi connectivity index (χ2n) is 8.19. The van der Waals surface area contributed by atoms with Gasteiger partial charge in [0, 0.05) is 12.0 Å². The van der Waals surface area contributed by atoms with Crippen LogP contribution in [-0.4, -0.2) is 29.8 Å². The number of aliphatic carboxylic acids is 1. The van der Waals surface area contributed by atoms with Crippen molar-refractivity contribution in [2.75, 3.05) is 6.61 Å². The van der Waals surface area contributed by atoms with Crippen molar-refractivity contribution in [2.24, 2.45) is 17.8 Å². The van der Waals surface area contributed by atoms with E-state index in [4.69, 9.17) is 4.74 Å². The molecule has 5 rings (SSSR count). The Kier molecular flexibility index (Phi) is 4.11. The van der Waals surface area contributed by atoms with Crippen molar-refractivity contribution in [3.8, 4) is 11.1 Å². The Morgan fingerprint density at radius 2 is 1.57 bits per heavy atom. The number of alkyl carbamates (subject to hydrolysis) is 1. The molecule has 28 heavy (non-hydrogen) atoms. The standard InChI is InChI=1S/C23H23NO4/c25-22(26)20-13-9-10-14(11-13)21(20)24-23(27)28-12-19-17-7-3-1-5-15(17)16-6-2-4-8-18(16)19/h1-8,13-14,19-21H,9-12H2,(H,24,27)(H,25,26)/t13-,14+,20+,21-/m0/s1. The normalized spacial score (nSPS) is 27.3. The smallest absolute Gasteiger partial charge is 0.407 e. The summed E-state index contributed by atoms with van der Waals surface area (Å²) in [6.45, 7) is 0.248. The molecule has 3 aliphatic rings. The van der Waals surface area contributed by atoms with Crippen molar-refractivity contribution in [2.45, 2.75) is 31.2 Å². The van der Waals surface area contributed by atoms with Crippen LogP contribution in [0.15, 0.2) is 48.5 Å². The van der Waals surface area contributed by atoms with Crippen molar-refractivity contribution in [3.63, 3.8) is 0 Å². The van der Waals surface area contributed by atoms with E-state index in [1.807, 2.05) is 24.3 Å². The predicted octanol–water partition coefficient (Wildman–Crippen LogP) is 4.02. The Bertz CT molecular complexity index is 894. The van der Waals surface area contributed by atoms with E-state index >= 15 is 0 Å². The van der Waals surface area contributed by atoms with E-state index in [0.29, 0.717) is 0 Å². The lowest BCUT2D eigenvalue weighted by atomic mass is 9.84. The van der Waals surface area contributed by atoms with Crippen LogP contribution < -0.4 is 5.32 Å². The van der Waals surface area contributed by atoms with Crippen LogP contribution in [0.25, 0.3) is 11.1 Å². The van der Waals surface area contributed by atoms with E-state index in [0.717, 1.165) is 19.3 Å². The fourth-order valence-corrected chi connectivity index (χ4v) is 5.63. The highest BCUT2D eigenvalue weighted by atomic mass is 16.5. The first-order valence-electron chi connectivity index (χ1n) is 9.98. The second kappa shape index (κ2) is 6.66. The highest BCUT2D eigenvalue weighted by Crippen LogP contribution is 2.49. The molecule has 0 heterocycles. The molecule has 2 aromatic rings. The third-order valence-corrected chi connectivity index (χ3v) is 6.83. The fraction of sp³-hybridized carbons (Fsp3) is 0.391. The third-order valence-electron chi connectivity index (χ3n) is 6.83. The Balaban J connectivity index is 1.29. The molecular weight excluding hydrogens is 354 g/mol. The van der Waals surface area contributed by atoms with Crippen LogP contribution in [0.5, 0.6) is 0 Å². The van der Waals surface area contributed by atoms with Crippen molar-refractivity contribution < 1.29 is 19.4 Å². The molecule has 0 saturated heterocycles. The summed E-state index contributed by atoms with van der Waals surface area (Å²) in [5, 5.41) is 12.4. The number of carbonyl (C=O) groups is 2. The second-order valence-corrected chi connectivity index (χ2v) is 8.19. The Morgan fingerprint density at radius 3 is 2.21 bits per heavy atom. The van der Waals surface area contributed by atoms with Gasteiger partial charge >= 0.3 is 12.1 Å². The van der Waals surface area contributed by atoms with Gasteiger partial charge < -0.3 is 15.2 Å². The van der Waals surface area contributed by atoms with E-state index in [2.05, 4.69) is 29.6 Å². The van der Waals surface area contributed by atoms with Crippen molar-refractivity contribution >= 4 is 12.1 Å². The fourth-order valence-electron chi connectivity index (χ4n) is 5.63. The van der Waals surface area contributed by atoms with Gasteiger partial charge in [-0.1, -0.05) is 48.5 Å². The van der Waals surface area contributed by atoms with Crippen LogP contribution in [0.3, 0.4) is 0 Å². The number of fused-ring (bicyclic) bond motifs is 5. The SMILES string of the molecule is O=C(N[C@H]1[C@@H]2CC[C@@H](C2)[C@H]1C(=O)O)OCC1c2ccccc2-c2ccccc21. The summed E-state index contributed by atoms with van der Waals surface area (Å²) in [6.07, 6.45) is 2.32. The van der Waals surface area contributed by atoms with Gasteiger partial charge in [-0.2, -0.15) is 0 Å². The van der Waals surface area contributed by atoms with E-state index < -0.39 is 18.0 Å². The summed E-state index contributed by atoms with van der Waals surface area (Å²) >= 11 is 0. The zero-order chi connectivity index (χ0) is 19.3. The zero-order valence-electron chi connectivity index (χ0n) is 15.5. The molecule has 4 atom stereocenters. The average Bonchev–Trinajstić information content (AvgIpc) is 3.38. The molecule has 3 aliphatic carbocycles. The molecule has 144 valence electrons. The molecule has 2 bridgehead atoms. The minimum absolute atomic E-state index is 0.00782. The number of hydrogen-bond acceptors (Lipinski definition) is 3. The number of hydrogen-bond donors (Lipinski definition) is 2. The van der Waals surface area contributed by atoms with Crippen LogP contribution in [0, 0.1) is 17.8 Å². The lowest BCUT2D eigenvalue weighted by molar-refractivity contribution is -0.144. The van der Waals surface area contributed by atoms with Gasteiger partial charge in [-0.15, -0.1) is 0 Å². The maximum absolute atomic E-state index is 12.5. The maximum Gasteiger partial charge on any atom is 0.407 e. The number of carboxylic acid groups (broad SMARTS) is 1. The Labute approximate surface area is 163 Å². The molecule has 0 spiro atoms. The molecule has 0 radical (unpaired) electrons. The summed E-state index contributed by atoms with van der Waals surface area (Å²) in [5.41, 5.74) is 4.71. The first kappa shape index (κ1) is 17.3. The minimum atomic E-state index is -0.809. The van der Waals surface area contributed by atoms with E-state index in [1.54, 1.807) is 0 Å². The van der Waals surface area contributed by atoms with Crippen LogP contribution in [0.4, 0.5) is 4.79 Å². The number of ether oxygens (including phenoxy) is 1. The summed E-state index contributed by atoms with van der Waals surface area (Å²) in [5.74, 6) is -0.850. The summed E-state index contributed by atoms with van der Waals surface area (Å²) in [4.78, 5) is 24.1. The third kappa shape index (κ3) is 2.68. The molecule has 2 aromatic carbocycles. The van der Waals surface area contributed by atoms with Gasteiger partial charge in [-0.25, -0.2) is 4.79 Å². The lowest BCUT2D eigenvalue weighted by Gasteiger charge is -2.28. The van der Waals surface area contributed by atoms with Crippen molar-refractivity contribution in [1.82, 2.24) is 5.32 Å². The minimum Gasteiger partial charge on any atom is -0.481 e. The maximum atomic E-state index is 12.5. The summed E-state index contributed by atoms with van der Waals surface area (Å²) in [6, 6.07) is 16.1. The molecule has 0 aliphatic heterocycles. The number of benzene rings is 2. The number of rotatable bonds is 4. The van der Waals surface area contributed by atoms with Crippen molar-refractivity contribution in [3.05, 3.63) is 59.7 Å². The van der Waals surface area contributed by atoms with E-state index in [9.17, 15) is 14.7 Å². The molecule has 5 nitrogen and oxygen atoms in total. The molecule has 5 heteroatoms. The largest absolute Gasteiger partial charge is 0.481 e. The van der Waals surface area contributed by atoms with Gasteiger partial charge in [0.1, 0.15) is 6.61 Å². The molecule has 2 N–H and O–H groups in total. The first-order valence-corrected chi connectivity index (χ1v) is 9.98.